The highest BCUT2D eigenvalue weighted by molar-refractivity contribution is 9.09. The molecule has 6 heteroatoms. The van der Waals surface area contributed by atoms with Gasteiger partial charge in [-0.15, -0.1) is 0 Å². The van der Waals surface area contributed by atoms with Gasteiger partial charge in [-0.05, 0) is 32.6 Å². The molecular weight excluding hydrogens is 326 g/mol. The fourth-order valence-corrected chi connectivity index (χ4v) is 3.76. The highest BCUT2D eigenvalue weighted by Gasteiger charge is 2.26. The van der Waals surface area contributed by atoms with Gasteiger partial charge in [0, 0.05) is 36.1 Å². The molecule has 19 heavy (non-hydrogen) atoms. The standard InChI is InChI=1S/C13H22BrN3OS/c1-9(14)8-11-6-4-5-7-17(11)13-15-12(16-19-13)10(2)18-3/h9-11H,4-8H2,1-3H3. The molecule has 0 bridgehead atoms. The van der Waals surface area contributed by atoms with Gasteiger partial charge in [-0.2, -0.15) is 4.37 Å². The Balaban J connectivity index is 2.11. The minimum Gasteiger partial charge on any atom is -0.374 e. The van der Waals surface area contributed by atoms with E-state index in [-0.39, 0.29) is 6.10 Å². The lowest BCUT2D eigenvalue weighted by molar-refractivity contribution is 0.113. The SMILES string of the molecule is COC(C)c1nsc(N2CCCCC2CC(C)Br)n1. The second-order valence-corrected chi connectivity index (χ2v) is 7.47. The topological polar surface area (TPSA) is 38.2 Å². The highest BCUT2D eigenvalue weighted by Crippen LogP contribution is 2.30. The summed E-state index contributed by atoms with van der Waals surface area (Å²) in [5.41, 5.74) is 0. The number of halogens is 1. The number of piperidine rings is 1. The molecule has 0 aromatic carbocycles. The molecule has 1 fully saturated rings. The molecule has 1 aliphatic rings. The van der Waals surface area contributed by atoms with Crippen molar-refractivity contribution in [3.8, 4) is 0 Å². The van der Waals surface area contributed by atoms with E-state index >= 15 is 0 Å². The highest BCUT2D eigenvalue weighted by atomic mass is 79.9. The first-order valence-corrected chi connectivity index (χ1v) is 8.57. The Morgan fingerprint density at radius 1 is 1.47 bits per heavy atom. The first-order chi connectivity index (χ1) is 9.11. The van der Waals surface area contributed by atoms with Gasteiger partial charge in [-0.25, -0.2) is 4.98 Å². The van der Waals surface area contributed by atoms with Crippen LogP contribution in [-0.4, -0.2) is 33.9 Å². The summed E-state index contributed by atoms with van der Waals surface area (Å²) in [5, 5.41) is 1.05. The van der Waals surface area contributed by atoms with Crippen LogP contribution < -0.4 is 4.90 Å². The number of ether oxygens (including phenoxy) is 1. The number of hydrogen-bond donors (Lipinski definition) is 0. The van der Waals surface area contributed by atoms with Crippen LogP contribution >= 0.6 is 27.5 Å². The molecule has 2 heterocycles. The first kappa shape index (κ1) is 15.2. The monoisotopic (exact) mass is 347 g/mol. The van der Waals surface area contributed by atoms with Gasteiger partial charge in [0.2, 0.25) is 5.13 Å². The van der Waals surface area contributed by atoms with E-state index in [1.807, 2.05) is 6.92 Å². The molecule has 0 saturated carbocycles. The van der Waals surface area contributed by atoms with E-state index in [0.29, 0.717) is 10.9 Å². The number of hydrogen-bond acceptors (Lipinski definition) is 5. The second kappa shape index (κ2) is 6.99. The molecule has 0 N–H and O–H groups in total. The molecular formula is C13H22BrN3OS. The Bertz CT molecular complexity index is 399. The lowest BCUT2D eigenvalue weighted by Gasteiger charge is -2.36. The van der Waals surface area contributed by atoms with Crippen molar-refractivity contribution < 1.29 is 4.74 Å². The van der Waals surface area contributed by atoms with Crippen molar-refractivity contribution in [2.45, 2.75) is 56.5 Å². The molecule has 1 saturated heterocycles. The number of anilines is 1. The van der Waals surface area contributed by atoms with Crippen molar-refractivity contribution in [3.05, 3.63) is 5.82 Å². The van der Waals surface area contributed by atoms with Crippen molar-refractivity contribution in [2.75, 3.05) is 18.6 Å². The summed E-state index contributed by atoms with van der Waals surface area (Å²) in [4.78, 5) is 7.64. The average molecular weight is 348 g/mol. The van der Waals surface area contributed by atoms with Crippen LogP contribution in [0.4, 0.5) is 5.13 Å². The molecule has 0 amide bonds. The Labute approximate surface area is 127 Å². The Kier molecular flexibility index (Phi) is 5.59. The van der Waals surface area contributed by atoms with Gasteiger partial charge in [0.25, 0.3) is 0 Å². The summed E-state index contributed by atoms with van der Waals surface area (Å²) in [6.07, 6.45) is 4.96. The van der Waals surface area contributed by atoms with Gasteiger partial charge in [0.05, 0.1) is 0 Å². The molecule has 3 atom stereocenters. The molecule has 0 aliphatic carbocycles. The Hall–Kier alpha value is -0.200. The van der Waals surface area contributed by atoms with Crippen molar-refractivity contribution >= 4 is 32.6 Å². The van der Waals surface area contributed by atoms with Crippen LogP contribution in [0.5, 0.6) is 0 Å². The van der Waals surface area contributed by atoms with Crippen molar-refractivity contribution in [3.63, 3.8) is 0 Å². The number of rotatable bonds is 5. The Morgan fingerprint density at radius 2 is 2.26 bits per heavy atom. The van der Waals surface area contributed by atoms with Gasteiger partial charge >= 0.3 is 0 Å². The summed E-state index contributed by atoms with van der Waals surface area (Å²) >= 11 is 5.17. The summed E-state index contributed by atoms with van der Waals surface area (Å²) in [6.45, 7) is 5.30. The Morgan fingerprint density at radius 3 is 2.95 bits per heavy atom. The van der Waals surface area contributed by atoms with Crippen LogP contribution in [-0.2, 0) is 4.74 Å². The summed E-state index contributed by atoms with van der Waals surface area (Å²) in [7, 11) is 1.70. The fraction of sp³-hybridized carbons (Fsp3) is 0.846. The fourth-order valence-electron chi connectivity index (χ4n) is 2.49. The molecule has 2 rings (SSSR count). The molecule has 108 valence electrons. The van der Waals surface area contributed by atoms with E-state index in [1.54, 1.807) is 7.11 Å². The molecule has 1 aromatic rings. The summed E-state index contributed by atoms with van der Waals surface area (Å²) in [6, 6.07) is 0.585. The summed E-state index contributed by atoms with van der Waals surface area (Å²) in [5.74, 6) is 0.804. The van der Waals surface area contributed by atoms with E-state index in [0.717, 1.165) is 23.9 Å². The second-order valence-electron chi connectivity index (χ2n) is 5.17. The molecule has 1 aromatic heterocycles. The van der Waals surface area contributed by atoms with Crippen molar-refractivity contribution in [1.82, 2.24) is 9.36 Å². The third-order valence-corrected chi connectivity index (χ3v) is 4.76. The van der Waals surface area contributed by atoms with Crippen LogP contribution in [0, 0.1) is 0 Å². The predicted molar refractivity (Wildman–Crippen MR) is 83.3 cm³/mol. The van der Waals surface area contributed by atoms with Gasteiger partial charge in [0.15, 0.2) is 5.82 Å². The van der Waals surface area contributed by atoms with Gasteiger partial charge in [-0.1, -0.05) is 22.9 Å². The number of aromatic nitrogens is 2. The molecule has 0 radical (unpaired) electrons. The first-order valence-electron chi connectivity index (χ1n) is 6.89. The predicted octanol–water partition coefficient (Wildman–Crippen LogP) is 3.78. The van der Waals surface area contributed by atoms with Gasteiger partial charge in [0.1, 0.15) is 6.10 Å². The maximum Gasteiger partial charge on any atom is 0.205 e. The van der Waals surface area contributed by atoms with E-state index in [9.17, 15) is 0 Å². The van der Waals surface area contributed by atoms with E-state index in [1.165, 1.54) is 30.8 Å². The normalized spacial score (nSPS) is 23.4. The van der Waals surface area contributed by atoms with Crippen molar-refractivity contribution in [2.24, 2.45) is 0 Å². The quantitative estimate of drug-likeness (QED) is 0.759. The van der Waals surface area contributed by atoms with Crippen molar-refractivity contribution in [1.29, 1.82) is 0 Å². The smallest absolute Gasteiger partial charge is 0.205 e. The molecule has 4 nitrogen and oxygen atoms in total. The largest absolute Gasteiger partial charge is 0.374 e. The summed E-state index contributed by atoms with van der Waals surface area (Å²) < 4.78 is 9.71. The maximum absolute atomic E-state index is 5.28. The number of alkyl halides is 1. The zero-order valence-corrected chi connectivity index (χ0v) is 14.2. The molecule has 0 spiro atoms. The zero-order chi connectivity index (χ0) is 13.8. The van der Waals surface area contributed by atoms with Crippen LogP contribution in [0.1, 0.15) is 51.5 Å². The third-order valence-electron chi connectivity index (χ3n) is 3.62. The van der Waals surface area contributed by atoms with E-state index in [2.05, 4.69) is 37.1 Å². The maximum atomic E-state index is 5.28. The van der Waals surface area contributed by atoms with Gasteiger partial charge in [-0.3, -0.25) is 0 Å². The van der Waals surface area contributed by atoms with Gasteiger partial charge < -0.3 is 9.64 Å². The van der Waals surface area contributed by atoms with E-state index < -0.39 is 0 Å². The molecule has 1 aliphatic heterocycles. The molecule has 3 unspecified atom stereocenters. The lowest BCUT2D eigenvalue weighted by Crippen LogP contribution is -2.40. The third kappa shape index (κ3) is 3.89. The van der Waals surface area contributed by atoms with Crippen LogP contribution in [0.2, 0.25) is 0 Å². The average Bonchev–Trinajstić information content (AvgIpc) is 2.87. The van der Waals surface area contributed by atoms with Crippen LogP contribution in [0.15, 0.2) is 0 Å². The van der Waals surface area contributed by atoms with Crippen LogP contribution in [0.3, 0.4) is 0 Å². The zero-order valence-electron chi connectivity index (χ0n) is 11.8. The number of methoxy groups -OCH3 is 1. The minimum atomic E-state index is -0.0247. The van der Waals surface area contributed by atoms with E-state index in [4.69, 9.17) is 4.74 Å². The van der Waals surface area contributed by atoms with Crippen LogP contribution in [0.25, 0.3) is 0 Å². The lowest BCUT2D eigenvalue weighted by atomic mass is 9.99. The number of nitrogens with zero attached hydrogens (tertiary/aromatic N) is 3. The minimum absolute atomic E-state index is 0.0247.